The normalized spacial score (nSPS) is 16.2. The Kier molecular flexibility index (Phi) is 6.95. The van der Waals surface area contributed by atoms with Crippen LogP contribution in [0.15, 0.2) is 73.1 Å². The van der Waals surface area contributed by atoms with Gasteiger partial charge in [0.05, 0.1) is 5.56 Å². The van der Waals surface area contributed by atoms with Crippen LogP contribution in [0, 0.1) is 0 Å². The summed E-state index contributed by atoms with van der Waals surface area (Å²) >= 11 is 0. The maximum atomic E-state index is 13.1. The SMILES string of the molecule is CN1CCC[C@@H]1COc1ccc(OCc2ccccc2)c(C(=O)Cc2cccnc2)c1. The summed E-state index contributed by atoms with van der Waals surface area (Å²) in [6.45, 7) is 2.13. The Hall–Kier alpha value is -3.18. The molecular weight excluding hydrogens is 388 g/mol. The molecule has 1 fully saturated rings. The van der Waals surface area contributed by atoms with Crippen LogP contribution in [-0.2, 0) is 13.0 Å². The van der Waals surface area contributed by atoms with Crippen LogP contribution >= 0.6 is 0 Å². The summed E-state index contributed by atoms with van der Waals surface area (Å²) in [5.41, 5.74) is 2.47. The summed E-state index contributed by atoms with van der Waals surface area (Å²) in [5.74, 6) is 1.25. The molecule has 1 aromatic heterocycles. The number of pyridine rings is 1. The minimum absolute atomic E-state index is 0.0144. The van der Waals surface area contributed by atoms with Crippen LogP contribution in [0.25, 0.3) is 0 Å². The van der Waals surface area contributed by atoms with Crippen LogP contribution in [0.2, 0.25) is 0 Å². The van der Waals surface area contributed by atoms with Crippen molar-refractivity contribution >= 4 is 5.78 Å². The van der Waals surface area contributed by atoms with Crippen LogP contribution in [0.1, 0.15) is 34.3 Å². The van der Waals surface area contributed by atoms with Crippen LogP contribution in [0.4, 0.5) is 0 Å². The first-order valence-corrected chi connectivity index (χ1v) is 10.7. The number of aromatic nitrogens is 1. The number of likely N-dealkylation sites (N-methyl/N-ethyl adjacent to an activating group) is 1. The van der Waals surface area contributed by atoms with E-state index in [1.807, 2.05) is 60.7 Å². The Balaban J connectivity index is 1.51. The molecule has 0 aliphatic carbocycles. The number of nitrogens with zero attached hydrogens (tertiary/aromatic N) is 2. The van der Waals surface area contributed by atoms with Gasteiger partial charge < -0.3 is 14.4 Å². The molecule has 1 saturated heterocycles. The molecule has 0 bridgehead atoms. The highest BCUT2D eigenvalue weighted by atomic mass is 16.5. The maximum absolute atomic E-state index is 13.1. The summed E-state index contributed by atoms with van der Waals surface area (Å²) in [6, 6.07) is 19.6. The van der Waals surface area contributed by atoms with E-state index in [0.29, 0.717) is 36.3 Å². The third kappa shape index (κ3) is 5.70. The van der Waals surface area contributed by atoms with Gasteiger partial charge in [-0.15, -0.1) is 0 Å². The van der Waals surface area contributed by atoms with Crippen LogP contribution < -0.4 is 9.47 Å². The highest BCUT2D eigenvalue weighted by molar-refractivity contribution is 6.00. The predicted octanol–water partition coefficient (Wildman–Crippen LogP) is 4.56. The van der Waals surface area contributed by atoms with Gasteiger partial charge in [0.1, 0.15) is 24.7 Å². The highest BCUT2D eigenvalue weighted by Crippen LogP contribution is 2.27. The van der Waals surface area contributed by atoms with Crippen LogP contribution in [-0.4, -0.2) is 41.9 Å². The quantitative estimate of drug-likeness (QED) is 0.479. The Morgan fingerprint density at radius 3 is 2.65 bits per heavy atom. The third-order valence-corrected chi connectivity index (χ3v) is 5.69. The maximum Gasteiger partial charge on any atom is 0.171 e. The van der Waals surface area contributed by atoms with Gasteiger partial charge in [-0.3, -0.25) is 9.78 Å². The van der Waals surface area contributed by atoms with Crippen LogP contribution in [0.3, 0.4) is 0 Å². The van der Waals surface area contributed by atoms with Crippen molar-refractivity contribution in [3.05, 3.63) is 89.7 Å². The fourth-order valence-electron chi connectivity index (χ4n) is 3.84. The number of ketones is 1. The van der Waals surface area contributed by atoms with Gasteiger partial charge in [-0.1, -0.05) is 36.4 Å². The van der Waals surface area contributed by atoms with Gasteiger partial charge in [0, 0.05) is 24.9 Å². The van der Waals surface area contributed by atoms with Crippen molar-refractivity contribution in [1.29, 1.82) is 0 Å². The smallest absolute Gasteiger partial charge is 0.171 e. The molecule has 2 aromatic carbocycles. The first-order valence-electron chi connectivity index (χ1n) is 10.7. The molecule has 4 rings (SSSR count). The lowest BCUT2D eigenvalue weighted by molar-refractivity contribution is 0.0987. The third-order valence-electron chi connectivity index (χ3n) is 5.69. The van der Waals surface area contributed by atoms with Crippen molar-refractivity contribution in [3.63, 3.8) is 0 Å². The molecule has 0 amide bonds. The fourth-order valence-corrected chi connectivity index (χ4v) is 3.84. The summed E-state index contributed by atoms with van der Waals surface area (Å²) < 4.78 is 12.1. The Labute approximate surface area is 183 Å². The molecule has 0 radical (unpaired) electrons. The van der Waals surface area contributed by atoms with Crippen LogP contribution in [0.5, 0.6) is 11.5 Å². The van der Waals surface area contributed by atoms with E-state index in [-0.39, 0.29) is 12.2 Å². The number of Topliss-reactive ketones (excluding diaryl/α,β-unsaturated/α-hetero) is 1. The largest absolute Gasteiger partial charge is 0.492 e. The molecule has 0 spiro atoms. The lowest BCUT2D eigenvalue weighted by Crippen LogP contribution is -2.30. The highest BCUT2D eigenvalue weighted by Gasteiger charge is 2.22. The van der Waals surface area contributed by atoms with E-state index in [0.717, 1.165) is 24.1 Å². The second-order valence-electron chi connectivity index (χ2n) is 7.98. The van der Waals surface area contributed by atoms with Gasteiger partial charge in [-0.2, -0.15) is 0 Å². The first kappa shape index (κ1) is 21.1. The monoisotopic (exact) mass is 416 g/mol. The molecule has 0 saturated carbocycles. The topological polar surface area (TPSA) is 51.7 Å². The standard InChI is InChI=1S/C26H28N2O3/c1-28-14-6-10-22(28)19-30-23-11-12-26(31-18-20-7-3-2-4-8-20)24(16-23)25(29)15-21-9-5-13-27-17-21/h2-5,7-9,11-13,16-17,22H,6,10,14-15,18-19H2,1H3/t22-/m1/s1. The van der Waals surface area contributed by atoms with E-state index < -0.39 is 0 Å². The average molecular weight is 417 g/mol. The van der Waals surface area contributed by atoms with E-state index in [4.69, 9.17) is 9.47 Å². The Bertz CT molecular complexity index is 992. The number of ether oxygens (including phenoxy) is 2. The lowest BCUT2D eigenvalue weighted by Gasteiger charge is -2.20. The van der Waals surface area contributed by atoms with Gasteiger partial charge in [-0.05, 0) is 61.8 Å². The number of benzene rings is 2. The van der Waals surface area contributed by atoms with Gasteiger partial charge in [0.2, 0.25) is 0 Å². The summed E-state index contributed by atoms with van der Waals surface area (Å²) in [4.78, 5) is 19.6. The van der Waals surface area contributed by atoms with Crippen molar-refractivity contribution < 1.29 is 14.3 Å². The number of carbonyl (C=O) groups is 1. The second-order valence-corrected chi connectivity index (χ2v) is 7.98. The summed E-state index contributed by atoms with van der Waals surface area (Å²) in [5, 5.41) is 0. The molecule has 1 aliphatic rings. The van der Waals surface area contributed by atoms with Gasteiger partial charge in [-0.25, -0.2) is 0 Å². The molecule has 0 N–H and O–H groups in total. The molecule has 2 heterocycles. The van der Waals surface area contributed by atoms with E-state index in [1.165, 1.54) is 6.42 Å². The fraction of sp³-hybridized carbons (Fsp3) is 0.308. The number of rotatable bonds is 9. The van der Waals surface area contributed by atoms with E-state index in [2.05, 4.69) is 16.9 Å². The zero-order valence-electron chi connectivity index (χ0n) is 17.9. The van der Waals surface area contributed by atoms with Crippen molar-refractivity contribution in [1.82, 2.24) is 9.88 Å². The summed E-state index contributed by atoms with van der Waals surface area (Å²) in [6.07, 6.45) is 6.03. The summed E-state index contributed by atoms with van der Waals surface area (Å²) in [7, 11) is 2.13. The van der Waals surface area contributed by atoms with Crippen molar-refractivity contribution in [2.45, 2.75) is 31.9 Å². The molecule has 1 aliphatic heterocycles. The minimum atomic E-state index is -0.0144. The van der Waals surface area contributed by atoms with Crippen molar-refractivity contribution in [3.8, 4) is 11.5 Å². The molecule has 31 heavy (non-hydrogen) atoms. The average Bonchev–Trinajstić information content (AvgIpc) is 3.22. The van der Waals surface area contributed by atoms with E-state index >= 15 is 0 Å². The van der Waals surface area contributed by atoms with Gasteiger partial charge in [0.15, 0.2) is 5.78 Å². The number of carbonyl (C=O) groups excluding carboxylic acids is 1. The second kappa shape index (κ2) is 10.2. The molecule has 5 nitrogen and oxygen atoms in total. The van der Waals surface area contributed by atoms with Gasteiger partial charge in [0.25, 0.3) is 0 Å². The van der Waals surface area contributed by atoms with Crippen molar-refractivity contribution in [2.75, 3.05) is 20.2 Å². The number of likely N-dealkylation sites (tertiary alicyclic amines) is 1. The molecule has 160 valence electrons. The lowest BCUT2D eigenvalue weighted by atomic mass is 10.0. The van der Waals surface area contributed by atoms with Gasteiger partial charge >= 0.3 is 0 Å². The minimum Gasteiger partial charge on any atom is -0.492 e. The Morgan fingerprint density at radius 1 is 1.06 bits per heavy atom. The first-order chi connectivity index (χ1) is 15.2. The number of hydrogen-bond acceptors (Lipinski definition) is 5. The molecule has 3 aromatic rings. The van der Waals surface area contributed by atoms with Crippen molar-refractivity contribution in [2.24, 2.45) is 0 Å². The zero-order chi connectivity index (χ0) is 21.5. The molecule has 5 heteroatoms. The molecular formula is C26H28N2O3. The predicted molar refractivity (Wildman–Crippen MR) is 121 cm³/mol. The van der Waals surface area contributed by atoms with E-state index in [9.17, 15) is 4.79 Å². The zero-order valence-corrected chi connectivity index (χ0v) is 17.9. The molecule has 0 unspecified atom stereocenters. The Morgan fingerprint density at radius 2 is 1.90 bits per heavy atom. The number of hydrogen-bond donors (Lipinski definition) is 0. The van der Waals surface area contributed by atoms with E-state index in [1.54, 1.807) is 12.4 Å². The molecule has 1 atom stereocenters.